The van der Waals surface area contributed by atoms with E-state index in [1.807, 2.05) is 35.2 Å². The third-order valence-electron chi connectivity index (χ3n) is 8.08. The van der Waals surface area contributed by atoms with Crippen molar-refractivity contribution in [1.29, 1.82) is 5.26 Å². The van der Waals surface area contributed by atoms with Crippen molar-refractivity contribution in [2.45, 2.75) is 55.0 Å². The van der Waals surface area contributed by atoms with E-state index in [2.05, 4.69) is 5.32 Å². The van der Waals surface area contributed by atoms with Crippen LogP contribution in [0.4, 0.5) is 10.1 Å². The number of halogens is 2. The van der Waals surface area contributed by atoms with Crippen LogP contribution in [0.5, 0.6) is 5.75 Å². The van der Waals surface area contributed by atoms with Crippen molar-refractivity contribution in [2.75, 3.05) is 18.0 Å². The van der Waals surface area contributed by atoms with Gasteiger partial charge in [-0.3, -0.25) is 19.7 Å². The fourth-order valence-electron chi connectivity index (χ4n) is 5.81. The van der Waals surface area contributed by atoms with Crippen LogP contribution in [-0.4, -0.2) is 47.0 Å². The summed E-state index contributed by atoms with van der Waals surface area (Å²) in [6.45, 7) is 1.93. The number of rotatable bonds is 7. The predicted molar refractivity (Wildman–Crippen MR) is 160 cm³/mol. The number of fused-ring (bicyclic) bond motifs is 1. The lowest BCUT2D eigenvalue weighted by Gasteiger charge is -2.33. The molecule has 0 aliphatic carbocycles. The average Bonchev–Trinajstić information content (AvgIpc) is 3.34. The van der Waals surface area contributed by atoms with Gasteiger partial charge in [0.15, 0.2) is 0 Å². The molecule has 11 heteroatoms. The number of carbonyl (C=O) groups is 3. The predicted octanol–water partition coefficient (Wildman–Crippen LogP) is 5.45. The van der Waals surface area contributed by atoms with Gasteiger partial charge in [0.05, 0.1) is 28.9 Å². The summed E-state index contributed by atoms with van der Waals surface area (Å²) < 4.78 is 20.6. The molecule has 3 heterocycles. The van der Waals surface area contributed by atoms with Crippen molar-refractivity contribution in [3.63, 3.8) is 0 Å². The Labute approximate surface area is 257 Å². The molecule has 3 aliphatic heterocycles. The summed E-state index contributed by atoms with van der Waals surface area (Å²) >= 11 is 8.39. The maximum atomic E-state index is 14.5. The van der Waals surface area contributed by atoms with E-state index in [-0.39, 0.29) is 37.2 Å². The van der Waals surface area contributed by atoms with E-state index < -0.39 is 11.9 Å². The van der Waals surface area contributed by atoms with Crippen LogP contribution in [0.3, 0.4) is 0 Å². The molecule has 3 aromatic carbocycles. The summed E-state index contributed by atoms with van der Waals surface area (Å²) in [4.78, 5) is 41.5. The molecule has 1 atom stereocenters. The molecule has 0 spiro atoms. The fraction of sp³-hybridized carbons (Fsp3) is 0.312. The van der Waals surface area contributed by atoms with Gasteiger partial charge >= 0.3 is 0 Å². The summed E-state index contributed by atoms with van der Waals surface area (Å²) in [6.07, 6.45) is 2.25. The number of imide groups is 1. The topological polar surface area (TPSA) is 103 Å². The van der Waals surface area contributed by atoms with Crippen molar-refractivity contribution in [2.24, 2.45) is 0 Å². The Morgan fingerprint density at radius 2 is 1.88 bits per heavy atom. The molecule has 3 amide bonds. The van der Waals surface area contributed by atoms with Crippen LogP contribution < -0.4 is 15.0 Å². The van der Waals surface area contributed by atoms with Crippen LogP contribution in [0.25, 0.3) is 0 Å². The van der Waals surface area contributed by atoms with E-state index in [4.69, 9.17) is 21.6 Å². The van der Waals surface area contributed by atoms with Gasteiger partial charge in [0, 0.05) is 40.8 Å². The molecule has 0 radical (unpaired) electrons. The van der Waals surface area contributed by atoms with E-state index >= 15 is 0 Å². The van der Waals surface area contributed by atoms with Gasteiger partial charge in [-0.1, -0.05) is 23.7 Å². The van der Waals surface area contributed by atoms with E-state index in [1.54, 1.807) is 36.0 Å². The number of anilines is 1. The first-order valence-electron chi connectivity index (χ1n) is 14.1. The van der Waals surface area contributed by atoms with Crippen molar-refractivity contribution < 1.29 is 23.5 Å². The van der Waals surface area contributed by atoms with Crippen molar-refractivity contribution in [1.82, 2.24) is 10.2 Å². The second-order valence-corrected chi connectivity index (χ2v) is 12.6. The standard InChI is InChI=1S/C32H28ClFN4O4S/c33-24-14-20(5-8-29(24)43-21-10-12-37(13-11-21)26-6-4-19(16-35)15-25(26)34)18-42-28-3-1-2-22-23(28)17-38(32(22)41)27-7-9-30(39)36-31(27)40/h1-6,8,14-15,21,27H,7,9-13,17-18H2,(H,36,39,40)/t27-/m0/s1. The maximum absolute atomic E-state index is 14.5. The highest BCUT2D eigenvalue weighted by molar-refractivity contribution is 8.00. The second-order valence-electron chi connectivity index (χ2n) is 10.8. The summed E-state index contributed by atoms with van der Waals surface area (Å²) in [5.41, 5.74) is 2.95. The highest BCUT2D eigenvalue weighted by Gasteiger charge is 2.40. The number of benzene rings is 3. The van der Waals surface area contributed by atoms with Gasteiger partial charge in [-0.2, -0.15) is 5.26 Å². The molecule has 6 rings (SSSR count). The molecule has 2 fully saturated rings. The van der Waals surface area contributed by atoms with Crippen LogP contribution in [0.2, 0.25) is 5.02 Å². The van der Waals surface area contributed by atoms with Crippen LogP contribution in [-0.2, 0) is 22.7 Å². The fourth-order valence-corrected chi connectivity index (χ4v) is 7.27. The second kappa shape index (κ2) is 12.3. The lowest BCUT2D eigenvalue weighted by atomic mass is 10.0. The number of nitrogens with zero attached hydrogens (tertiary/aromatic N) is 3. The average molecular weight is 619 g/mol. The molecule has 220 valence electrons. The molecular weight excluding hydrogens is 591 g/mol. The number of hydrogen-bond donors (Lipinski definition) is 1. The lowest BCUT2D eigenvalue weighted by Crippen LogP contribution is -2.52. The molecule has 0 aromatic heterocycles. The van der Waals surface area contributed by atoms with E-state index in [9.17, 15) is 18.8 Å². The maximum Gasteiger partial charge on any atom is 0.255 e. The molecule has 0 unspecified atom stereocenters. The van der Waals surface area contributed by atoms with Crippen LogP contribution >= 0.6 is 23.4 Å². The van der Waals surface area contributed by atoms with Gasteiger partial charge in [-0.25, -0.2) is 4.39 Å². The number of nitrogens with one attached hydrogen (secondary N) is 1. The van der Waals surface area contributed by atoms with Gasteiger partial charge in [0.1, 0.15) is 24.2 Å². The number of nitriles is 1. The van der Waals surface area contributed by atoms with Gasteiger partial charge < -0.3 is 14.5 Å². The molecular formula is C32H28ClFN4O4S. The van der Waals surface area contributed by atoms with Crippen LogP contribution in [0.1, 0.15) is 52.7 Å². The number of ether oxygens (including phenoxy) is 1. The SMILES string of the molecule is N#Cc1ccc(N2CCC(Sc3ccc(COc4cccc5c4CN([C@H]4CCC(=O)NC4=O)C5=O)cc3Cl)CC2)c(F)c1. The quantitative estimate of drug-likeness (QED) is 0.351. The largest absolute Gasteiger partial charge is 0.489 e. The smallest absolute Gasteiger partial charge is 0.255 e. The van der Waals surface area contributed by atoms with E-state index in [1.165, 1.54) is 11.0 Å². The zero-order valence-corrected chi connectivity index (χ0v) is 24.7. The molecule has 0 bridgehead atoms. The van der Waals surface area contributed by atoms with Gasteiger partial charge in [0.25, 0.3) is 5.91 Å². The highest BCUT2D eigenvalue weighted by Crippen LogP contribution is 2.38. The zero-order chi connectivity index (χ0) is 30.1. The first kappa shape index (κ1) is 29.0. The molecule has 0 saturated carbocycles. The third-order valence-corrected chi connectivity index (χ3v) is 9.92. The van der Waals surface area contributed by atoms with Gasteiger partial charge in [-0.05, 0) is 67.3 Å². The minimum atomic E-state index is -0.682. The molecule has 3 aromatic rings. The zero-order valence-electron chi connectivity index (χ0n) is 23.1. The molecule has 43 heavy (non-hydrogen) atoms. The minimum absolute atomic E-state index is 0.201. The number of piperidine rings is 2. The minimum Gasteiger partial charge on any atom is -0.489 e. The summed E-state index contributed by atoms with van der Waals surface area (Å²) in [6, 6.07) is 17.0. The Balaban J connectivity index is 1.05. The molecule has 1 N–H and O–H groups in total. The Kier molecular flexibility index (Phi) is 8.28. The Morgan fingerprint density at radius 1 is 1.07 bits per heavy atom. The highest BCUT2D eigenvalue weighted by atomic mass is 35.5. The molecule has 3 aliphatic rings. The summed E-state index contributed by atoms with van der Waals surface area (Å²) in [5, 5.41) is 12.3. The van der Waals surface area contributed by atoms with Gasteiger partial charge in [-0.15, -0.1) is 11.8 Å². The lowest BCUT2D eigenvalue weighted by molar-refractivity contribution is -0.136. The molecule has 2 saturated heterocycles. The van der Waals surface area contributed by atoms with Crippen molar-refractivity contribution >= 4 is 46.8 Å². The number of thioether (sulfide) groups is 1. The Morgan fingerprint density at radius 3 is 2.60 bits per heavy atom. The van der Waals surface area contributed by atoms with Crippen LogP contribution in [0, 0.1) is 17.1 Å². The first-order valence-corrected chi connectivity index (χ1v) is 15.4. The number of amides is 3. The number of hydrogen-bond acceptors (Lipinski definition) is 7. The summed E-state index contributed by atoms with van der Waals surface area (Å²) in [5.74, 6) is -0.810. The van der Waals surface area contributed by atoms with Crippen molar-refractivity contribution in [3.05, 3.63) is 87.7 Å². The Hall–Kier alpha value is -4.07. The first-order chi connectivity index (χ1) is 20.8. The van der Waals surface area contributed by atoms with E-state index in [0.29, 0.717) is 39.3 Å². The van der Waals surface area contributed by atoms with Gasteiger partial charge in [0.2, 0.25) is 11.8 Å². The monoisotopic (exact) mass is 618 g/mol. The Bertz CT molecular complexity index is 1650. The third kappa shape index (κ3) is 6.05. The normalized spacial score (nSPS) is 18.8. The number of carbonyl (C=O) groups excluding carboxylic acids is 3. The summed E-state index contributed by atoms with van der Waals surface area (Å²) in [7, 11) is 0. The van der Waals surface area contributed by atoms with Crippen molar-refractivity contribution in [3.8, 4) is 11.8 Å². The molecule has 8 nitrogen and oxygen atoms in total. The van der Waals surface area contributed by atoms with Crippen LogP contribution in [0.15, 0.2) is 59.5 Å². The van der Waals surface area contributed by atoms with E-state index in [0.717, 1.165) is 42.0 Å².